The molecule has 1 unspecified atom stereocenters. The second-order valence-corrected chi connectivity index (χ2v) is 14.8. The van der Waals surface area contributed by atoms with Crippen LogP contribution in [0.15, 0.2) is 28.0 Å². The number of H-pyrrole nitrogens is 2. The third-order valence-corrected chi connectivity index (χ3v) is 10.5. The van der Waals surface area contributed by atoms with Crippen LogP contribution in [-0.2, 0) is 22.6 Å². The summed E-state index contributed by atoms with van der Waals surface area (Å²) in [6.07, 6.45) is 3.82. The van der Waals surface area contributed by atoms with Gasteiger partial charge >= 0.3 is 0 Å². The molecule has 1 aromatic carbocycles. The normalized spacial score (nSPS) is 21.7. The van der Waals surface area contributed by atoms with Crippen LogP contribution in [0, 0.1) is 11.3 Å². The number of aromatic nitrogens is 3. The van der Waals surface area contributed by atoms with Crippen molar-refractivity contribution < 1.29 is 9.59 Å². The van der Waals surface area contributed by atoms with E-state index in [2.05, 4.69) is 36.0 Å². The molecular formula is C30H35Cl2N5O3S. The summed E-state index contributed by atoms with van der Waals surface area (Å²) >= 11 is 14.6. The summed E-state index contributed by atoms with van der Waals surface area (Å²) in [7, 11) is 0. The number of nitrogens with one attached hydrogen (secondary N) is 2. The van der Waals surface area contributed by atoms with E-state index in [9.17, 15) is 14.4 Å². The molecule has 6 rings (SSSR count). The molecule has 3 aliphatic rings. The molecule has 0 saturated carbocycles. The molecule has 0 radical (unpaired) electrons. The first-order chi connectivity index (χ1) is 19.5. The van der Waals surface area contributed by atoms with Gasteiger partial charge in [-0.1, -0.05) is 32.4 Å². The summed E-state index contributed by atoms with van der Waals surface area (Å²) in [4.78, 5) is 48.1. The van der Waals surface area contributed by atoms with Gasteiger partial charge in [-0.2, -0.15) is 5.10 Å². The zero-order chi connectivity index (χ0) is 29.1. The average molecular weight is 617 g/mol. The van der Waals surface area contributed by atoms with Gasteiger partial charge < -0.3 is 14.8 Å². The first kappa shape index (κ1) is 28.6. The standard InChI is InChI=1S/C30H35Cl2N5O3S/c1-30(2,3)15-37-13-21-17(9-22(31)26-20(21)12-33-35-26)8-18(29(37)40)10-25(38)36-6-4-16(5-7-36)19-11-24-27(34-28(19)39)23(32)14-41-24/h9,11-12,16,18,23H,4-8,10,13-15H2,1-3H3,(H,33,35)(H,34,39)/t18-,23?/m0/s1. The molecule has 218 valence electrons. The Morgan fingerprint density at radius 3 is 2.68 bits per heavy atom. The molecular weight excluding hydrogens is 581 g/mol. The van der Waals surface area contributed by atoms with Crippen molar-refractivity contribution in [3.8, 4) is 0 Å². The monoisotopic (exact) mass is 615 g/mol. The maximum Gasteiger partial charge on any atom is 0.251 e. The topological polar surface area (TPSA) is 102 Å². The van der Waals surface area contributed by atoms with Crippen molar-refractivity contribution in [2.45, 2.75) is 69.2 Å². The van der Waals surface area contributed by atoms with Gasteiger partial charge in [-0.25, -0.2) is 0 Å². The highest BCUT2D eigenvalue weighted by molar-refractivity contribution is 7.99. The molecule has 11 heteroatoms. The number of halogens is 2. The van der Waals surface area contributed by atoms with Crippen LogP contribution < -0.4 is 5.56 Å². The number of fused-ring (bicyclic) bond motifs is 4. The summed E-state index contributed by atoms with van der Waals surface area (Å²) in [5, 5.41) is 8.52. The number of thioether (sulfide) groups is 1. The molecule has 1 fully saturated rings. The summed E-state index contributed by atoms with van der Waals surface area (Å²) in [5.41, 5.74) is 4.25. The van der Waals surface area contributed by atoms with Crippen LogP contribution in [0.25, 0.3) is 10.9 Å². The minimum absolute atomic E-state index is 0.00639. The van der Waals surface area contributed by atoms with Crippen LogP contribution >= 0.6 is 35.0 Å². The van der Waals surface area contributed by atoms with Gasteiger partial charge in [0.05, 0.1) is 33.7 Å². The van der Waals surface area contributed by atoms with Gasteiger partial charge in [0, 0.05) is 54.2 Å². The zero-order valence-corrected chi connectivity index (χ0v) is 25.9. The quantitative estimate of drug-likeness (QED) is 0.370. The molecule has 2 aromatic heterocycles. The lowest BCUT2D eigenvalue weighted by Gasteiger charge is -2.34. The summed E-state index contributed by atoms with van der Waals surface area (Å²) in [6, 6.07) is 3.92. The van der Waals surface area contributed by atoms with Gasteiger partial charge in [-0.3, -0.25) is 19.5 Å². The van der Waals surface area contributed by atoms with Crippen LogP contribution in [0.4, 0.5) is 0 Å². The summed E-state index contributed by atoms with van der Waals surface area (Å²) in [5.74, 6) is 0.382. The Morgan fingerprint density at radius 1 is 1.20 bits per heavy atom. The lowest BCUT2D eigenvalue weighted by Crippen LogP contribution is -2.43. The first-order valence-corrected chi connectivity index (χ1v) is 16.0. The number of hydrogen-bond acceptors (Lipinski definition) is 5. The Bertz CT molecular complexity index is 1570. The fraction of sp³-hybridized carbons (Fsp3) is 0.533. The van der Waals surface area contributed by atoms with Crippen LogP contribution in [0.5, 0.6) is 0 Å². The van der Waals surface area contributed by atoms with Crippen molar-refractivity contribution in [1.29, 1.82) is 0 Å². The third kappa shape index (κ3) is 5.65. The number of nitrogens with zero attached hydrogens (tertiary/aromatic N) is 3. The van der Waals surface area contributed by atoms with Gasteiger partial charge in [-0.15, -0.1) is 23.4 Å². The Labute approximate surface area is 253 Å². The van der Waals surface area contributed by atoms with Crippen molar-refractivity contribution in [3.05, 3.63) is 56.1 Å². The largest absolute Gasteiger partial charge is 0.343 e. The van der Waals surface area contributed by atoms with E-state index in [1.54, 1.807) is 18.0 Å². The van der Waals surface area contributed by atoms with E-state index in [0.717, 1.165) is 43.9 Å². The summed E-state index contributed by atoms with van der Waals surface area (Å²) < 4.78 is 0. The number of benzene rings is 1. The van der Waals surface area contributed by atoms with Gasteiger partial charge in [0.15, 0.2) is 0 Å². The Hall–Kier alpha value is -2.49. The van der Waals surface area contributed by atoms with Crippen molar-refractivity contribution in [3.63, 3.8) is 0 Å². The number of likely N-dealkylation sites (tertiary alicyclic amines) is 1. The number of hydrogen-bond donors (Lipinski definition) is 2. The van der Waals surface area contributed by atoms with Crippen LogP contribution in [0.2, 0.25) is 5.02 Å². The maximum atomic E-state index is 13.9. The second kappa shape index (κ2) is 11.0. The van der Waals surface area contributed by atoms with E-state index in [4.69, 9.17) is 23.2 Å². The van der Waals surface area contributed by atoms with E-state index in [1.165, 1.54) is 0 Å². The van der Waals surface area contributed by atoms with Crippen molar-refractivity contribution in [2.24, 2.45) is 11.3 Å². The smallest absolute Gasteiger partial charge is 0.251 e. The van der Waals surface area contributed by atoms with Gasteiger partial charge in [-0.05, 0) is 53.9 Å². The Morgan fingerprint density at radius 2 is 1.95 bits per heavy atom. The highest BCUT2D eigenvalue weighted by Gasteiger charge is 2.36. The van der Waals surface area contributed by atoms with Crippen molar-refractivity contribution >= 4 is 57.7 Å². The zero-order valence-electron chi connectivity index (χ0n) is 23.6. The van der Waals surface area contributed by atoms with Crippen molar-refractivity contribution in [1.82, 2.24) is 25.0 Å². The van der Waals surface area contributed by atoms with Gasteiger partial charge in [0.1, 0.15) is 0 Å². The molecule has 0 spiro atoms. The number of pyridine rings is 1. The van der Waals surface area contributed by atoms with E-state index in [-0.39, 0.29) is 40.5 Å². The fourth-order valence-corrected chi connectivity index (χ4v) is 8.27. The number of amides is 2. The Balaban J connectivity index is 1.19. The molecule has 3 aliphatic heterocycles. The van der Waals surface area contributed by atoms with Crippen LogP contribution in [0.3, 0.4) is 0 Å². The minimum Gasteiger partial charge on any atom is -0.343 e. The number of aromatic amines is 2. The van der Waals surface area contributed by atoms with E-state index in [1.807, 2.05) is 21.9 Å². The molecule has 0 aliphatic carbocycles. The number of alkyl halides is 1. The van der Waals surface area contributed by atoms with E-state index in [0.29, 0.717) is 50.5 Å². The second-order valence-electron chi connectivity index (χ2n) is 12.8. The molecule has 1 saturated heterocycles. The molecule has 2 atom stereocenters. The van der Waals surface area contributed by atoms with Crippen LogP contribution in [0.1, 0.15) is 73.7 Å². The fourth-order valence-electron chi connectivity index (χ4n) is 6.52. The first-order valence-electron chi connectivity index (χ1n) is 14.2. The Kier molecular flexibility index (Phi) is 7.66. The van der Waals surface area contributed by atoms with E-state index < -0.39 is 5.92 Å². The summed E-state index contributed by atoms with van der Waals surface area (Å²) in [6.45, 7) is 8.53. The van der Waals surface area contributed by atoms with Crippen LogP contribution in [-0.4, -0.2) is 62.2 Å². The predicted octanol–water partition coefficient (Wildman–Crippen LogP) is 5.63. The number of carbonyl (C=O) groups excluding carboxylic acids is 2. The molecule has 3 aromatic rings. The SMILES string of the molecule is CC(C)(C)CN1Cc2c(cc(Cl)c3[nH]ncc23)C[C@@H](CC(=O)N2CCC(c3cc4c([nH]c3=O)C(Cl)CS4)CC2)C1=O. The van der Waals surface area contributed by atoms with Gasteiger partial charge in [0.2, 0.25) is 11.8 Å². The number of rotatable bonds is 4. The lowest BCUT2D eigenvalue weighted by molar-refractivity contribution is -0.142. The predicted molar refractivity (Wildman–Crippen MR) is 163 cm³/mol. The molecule has 8 nitrogen and oxygen atoms in total. The van der Waals surface area contributed by atoms with Gasteiger partial charge in [0.25, 0.3) is 5.56 Å². The molecule has 2 amide bonds. The minimum atomic E-state index is -0.468. The molecule has 0 bridgehead atoms. The highest BCUT2D eigenvalue weighted by atomic mass is 35.5. The molecule has 5 heterocycles. The molecule has 41 heavy (non-hydrogen) atoms. The van der Waals surface area contributed by atoms with E-state index >= 15 is 0 Å². The number of carbonyl (C=O) groups is 2. The molecule has 2 N–H and O–H groups in total. The highest BCUT2D eigenvalue weighted by Crippen LogP contribution is 2.41. The number of piperidine rings is 1. The third-order valence-electron chi connectivity index (χ3n) is 8.50. The average Bonchev–Trinajstić information content (AvgIpc) is 3.53. The van der Waals surface area contributed by atoms with Crippen molar-refractivity contribution in [2.75, 3.05) is 25.4 Å². The lowest BCUT2D eigenvalue weighted by atomic mass is 9.89. The maximum absolute atomic E-state index is 13.9.